The number of hydrogen-bond acceptors (Lipinski definition) is 16. The quantitative estimate of drug-likeness (QED) is 0.0163. The number of cyclic esters (lactones) is 1. The Morgan fingerprint density at radius 2 is 1.62 bits per heavy atom. The van der Waals surface area contributed by atoms with E-state index in [2.05, 4.69) is 58.7 Å². The molecule has 0 unspecified atom stereocenters. The van der Waals surface area contributed by atoms with Gasteiger partial charge in [-0.1, -0.05) is 60.7 Å². The number of pyridine rings is 2. The lowest BCUT2D eigenvalue weighted by Crippen LogP contribution is -2.52. The van der Waals surface area contributed by atoms with Crippen molar-refractivity contribution in [3.63, 3.8) is 0 Å². The van der Waals surface area contributed by atoms with Crippen molar-refractivity contribution in [3.8, 4) is 23.2 Å². The van der Waals surface area contributed by atoms with E-state index in [1.807, 2.05) is 0 Å². The zero-order chi connectivity index (χ0) is 56.3. The second kappa shape index (κ2) is 25.3. The first-order valence-electron chi connectivity index (χ1n) is 24.4. The molecule has 410 valence electrons. The smallest absolute Gasteiger partial charge is 0.343 e. The molecule has 2 aliphatic rings. The van der Waals surface area contributed by atoms with Gasteiger partial charge in [0.25, 0.3) is 5.56 Å². The molecule has 5 aromatic rings. The van der Waals surface area contributed by atoms with E-state index < -0.39 is 100 Å². The predicted molar refractivity (Wildman–Crippen MR) is 276 cm³/mol. The number of unbranched alkanes of at least 4 members (excludes halogenated alkanes) is 1. The topological polar surface area (TPSA) is 325 Å². The lowest BCUT2D eigenvalue weighted by atomic mass is 9.86. The van der Waals surface area contributed by atoms with Gasteiger partial charge in [0.1, 0.15) is 25.2 Å². The van der Waals surface area contributed by atoms with Gasteiger partial charge in [-0.2, -0.15) is 0 Å². The number of aliphatic hydroxyl groups is 1. The molecule has 0 radical (unpaired) electrons. The fourth-order valence-corrected chi connectivity index (χ4v) is 9.09. The minimum absolute atomic E-state index is 0.00119. The van der Waals surface area contributed by atoms with Crippen LogP contribution < -0.4 is 37.5 Å². The molecule has 3 aromatic heterocycles. The lowest BCUT2D eigenvalue weighted by Gasteiger charge is -2.31. The Kier molecular flexibility index (Phi) is 18.7. The van der Waals surface area contributed by atoms with Crippen LogP contribution >= 0.6 is 11.6 Å². The van der Waals surface area contributed by atoms with Crippen molar-refractivity contribution < 1.29 is 61.0 Å². The van der Waals surface area contributed by atoms with Crippen molar-refractivity contribution in [1.29, 1.82) is 0 Å². The number of nitrogens with zero attached hydrogens (tertiary/aromatic N) is 4. The number of sulfone groups is 1. The molecule has 6 amide bonds. The highest BCUT2D eigenvalue weighted by atomic mass is 35.5. The van der Waals surface area contributed by atoms with Crippen molar-refractivity contribution in [2.75, 3.05) is 32.6 Å². The van der Waals surface area contributed by atoms with Gasteiger partial charge in [-0.3, -0.25) is 33.6 Å². The summed E-state index contributed by atoms with van der Waals surface area (Å²) in [5, 5.41) is 26.4. The molecule has 0 fully saturated rings. The summed E-state index contributed by atoms with van der Waals surface area (Å²) < 4.78 is 50.0. The molecule has 0 spiro atoms. The molecule has 2 aliphatic heterocycles. The molecule has 0 saturated heterocycles. The largest absolute Gasteiger partial charge is 0.458 e. The number of halogens is 2. The van der Waals surface area contributed by atoms with Crippen LogP contribution in [0, 0.1) is 17.7 Å². The van der Waals surface area contributed by atoms with Gasteiger partial charge in [0.15, 0.2) is 5.60 Å². The maximum absolute atomic E-state index is 14.8. The Bertz CT molecular complexity index is 3430. The molecule has 2 aromatic carbocycles. The Balaban J connectivity index is 0.847. The predicted octanol–water partition coefficient (Wildman–Crippen LogP) is 0.849. The Morgan fingerprint density at radius 1 is 0.923 bits per heavy atom. The maximum Gasteiger partial charge on any atom is 0.343 e. The number of fused-ring (bicyclic) bond motifs is 5. The summed E-state index contributed by atoms with van der Waals surface area (Å²) in [7, 11) is -3.54. The highest BCUT2D eigenvalue weighted by Crippen LogP contribution is 2.41. The van der Waals surface area contributed by atoms with Crippen molar-refractivity contribution >= 4 is 73.8 Å². The van der Waals surface area contributed by atoms with E-state index in [9.17, 15) is 56.3 Å². The standard InChI is InChI=1S/C52H54ClFN10O13S/c1-4-52(73)36-18-41-47-34(26-64(41)49(71)35(36)27-76-50(52)72)33(32-17-37(53)38(54)19-39(32)63-47)22-55-43(66)15-29(2)77-28-61-45(68)24-58-48(70)40(16-30-11-7-5-8-12-30)62-46(69)25-57-44(67)23-56-42(65)14-10-6-9-13-31-20-59-51(60-21-31)78(3,74)75/h5,7-8,11-12,17-21,29,40,73H,4,6,10,14-16,22-28H2,1-3H3,(H,55,66)(H,56,65)(H,57,67)(H,58,70)(H,61,68)(H,62,69)/t29-,40-,52-/m0/s1. The van der Waals surface area contributed by atoms with E-state index >= 15 is 0 Å². The van der Waals surface area contributed by atoms with Crippen molar-refractivity contribution in [1.82, 2.24) is 51.4 Å². The molecular weight excluding hydrogens is 1060 g/mol. The third-order valence-electron chi connectivity index (χ3n) is 12.6. The van der Waals surface area contributed by atoms with Crippen molar-refractivity contribution in [2.45, 2.75) is 95.0 Å². The van der Waals surface area contributed by atoms with E-state index in [1.54, 1.807) is 44.2 Å². The van der Waals surface area contributed by atoms with Gasteiger partial charge in [-0.25, -0.2) is 32.6 Å². The van der Waals surface area contributed by atoms with Gasteiger partial charge >= 0.3 is 5.97 Å². The van der Waals surface area contributed by atoms with Gasteiger partial charge in [0.05, 0.1) is 71.8 Å². The van der Waals surface area contributed by atoms with Gasteiger partial charge in [-0.15, -0.1) is 0 Å². The van der Waals surface area contributed by atoms with E-state index in [-0.39, 0.29) is 84.6 Å². The molecule has 7 N–H and O–H groups in total. The minimum Gasteiger partial charge on any atom is -0.458 e. The van der Waals surface area contributed by atoms with Crippen molar-refractivity contribution in [3.05, 3.63) is 115 Å². The number of aromatic nitrogens is 4. The molecule has 0 saturated carbocycles. The average molecular weight is 1110 g/mol. The van der Waals surface area contributed by atoms with Crippen LogP contribution in [0.3, 0.4) is 0 Å². The monoisotopic (exact) mass is 1110 g/mol. The fourth-order valence-electron chi connectivity index (χ4n) is 8.44. The zero-order valence-electron chi connectivity index (χ0n) is 42.4. The van der Waals surface area contributed by atoms with Gasteiger partial charge in [-0.05, 0) is 43.0 Å². The number of nitrogens with one attached hydrogen (secondary N) is 6. The summed E-state index contributed by atoms with van der Waals surface area (Å²) in [6.45, 7) is 0.912. The number of esters is 1. The summed E-state index contributed by atoms with van der Waals surface area (Å²) in [4.78, 5) is 116. The first kappa shape index (κ1) is 57.5. The number of amides is 6. The highest BCUT2D eigenvalue weighted by Gasteiger charge is 2.45. The number of carbonyl (C=O) groups is 7. The number of benzene rings is 2. The van der Waals surface area contributed by atoms with E-state index in [4.69, 9.17) is 21.1 Å². The van der Waals surface area contributed by atoms with Crippen LogP contribution in [-0.4, -0.2) is 119 Å². The van der Waals surface area contributed by atoms with E-state index in [1.165, 1.54) is 29.1 Å². The lowest BCUT2D eigenvalue weighted by molar-refractivity contribution is -0.172. The van der Waals surface area contributed by atoms with E-state index in [0.717, 1.165) is 12.3 Å². The normalized spacial score (nSPS) is 15.0. The Labute approximate surface area is 450 Å². The summed E-state index contributed by atoms with van der Waals surface area (Å²) in [5.74, 6) is 0.302. The zero-order valence-corrected chi connectivity index (χ0v) is 44.0. The van der Waals surface area contributed by atoms with E-state index in [0.29, 0.717) is 46.2 Å². The van der Waals surface area contributed by atoms with Crippen LogP contribution in [-0.2, 0) is 84.6 Å². The molecular formula is C52H54ClFN10O13S. The molecule has 23 nitrogen and oxygen atoms in total. The molecule has 0 bridgehead atoms. The third kappa shape index (κ3) is 14.2. The van der Waals surface area contributed by atoms with Gasteiger partial charge in [0.2, 0.25) is 50.4 Å². The summed E-state index contributed by atoms with van der Waals surface area (Å²) in [6.07, 6.45) is 3.32. The van der Waals surface area contributed by atoms with Crippen LogP contribution in [0.25, 0.3) is 22.3 Å². The first-order chi connectivity index (χ1) is 37.1. The first-order valence-corrected chi connectivity index (χ1v) is 26.7. The number of ether oxygens (including phenoxy) is 2. The molecule has 26 heteroatoms. The molecule has 7 rings (SSSR count). The average Bonchev–Trinajstić information content (AvgIpc) is 3.97. The van der Waals surface area contributed by atoms with Gasteiger partial charge in [0, 0.05) is 67.0 Å². The summed E-state index contributed by atoms with van der Waals surface area (Å²) >= 11 is 6.20. The summed E-state index contributed by atoms with van der Waals surface area (Å²) in [5.41, 5.74) is 0.501. The highest BCUT2D eigenvalue weighted by molar-refractivity contribution is 7.90. The maximum atomic E-state index is 14.8. The minimum atomic E-state index is -3.54. The number of hydrogen-bond donors (Lipinski definition) is 7. The van der Waals surface area contributed by atoms with Crippen LogP contribution in [0.2, 0.25) is 5.02 Å². The molecule has 3 atom stereocenters. The van der Waals surface area contributed by atoms with Gasteiger partial charge < -0.3 is 51.0 Å². The third-order valence-corrected chi connectivity index (χ3v) is 13.7. The SMILES string of the molecule is CC[C@@]1(O)C(=O)OCc2c1cc1n(c2=O)Cc2c-1nc1cc(F)c(Cl)cc1c2CNC(=O)C[C@H](C)OCNC(=O)CNC(=O)[C@H](Cc1ccccc1)NC(=O)CNC(=O)CNC(=O)CCCC#Cc1cnc(S(C)(=O)=O)nc1. The number of rotatable bonds is 22. The second-order valence-electron chi connectivity index (χ2n) is 18.3. The van der Waals surface area contributed by atoms with Crippen LogP contribution in [0.5, 0.6) is 0 Å². The second-order valence-corrected chi connectivity index (χ2v) is 20.6. The molecule has 0 aliphatic carbocycles. The van der Waals surface area contributed by atoms with Crippen LogP contribution in [0.4, 0.5) is 4.39 Å². The van der Waals surface area contributed by atoms with Crippen LogP contribution in [0.15, 0.2) is 70.9 Å². The number of carbonyl (C=O) groups excluding carboxylic acids is 7. The Morgan fingerprint density at radius 3 is 2.33 bits per heavy atom. The Hall–Kier alpha value is -8.18. The molecule has 5 heterocycles. The van der Waals surface area contributed by atoms with Crippen molar-refractivity contribution in [2.24, 2.45) is 0 Å². The van der Waals surface area contributed by atoms with Crippen LogP contribution in [0.1, 0.15) is 79.3 Å². The fraction of sp³-hybridized carbons (Fsp3) is 0.365. The molecule has 78 heavy (non-hydrogen) atoms. The summed E-state index contributed by atoms with van der Waals surface area (Å²) in [6, 6.07) is 11.6.